The molecule has 0 amide bonds. The molecule has 0 bridgehead atoms. The maximum atomic E-state index is 4.89. The van der Waals surface area contributed by atoms with E-state index in [1.54, 1.807) is 0 Å². The van der Waals surface area contributed by atoms with E-state index in [1.807, 2.05) is 0 Å². The number of hydrogen-bond acceptors (Lipinski definition) is 0. The predicted octanol–water partition coefficient (Wildman–Crippen LogP) is 4.80. The molecule has 1 saturated carbocycles. The molecule has 1 fully saturated rings. The molecule has 14 heavy (non-hydrogen) atoms. The fourth-order valence-corrected chi connectivity index (χ4v) is 1.41. The molecule has 1 rings (SSSR count). The summed E-state index contributed by atoms with van der Waals surface area (Å²) >= 11 is -0.556. The molecule has 0 unspecified atom stereocenters. The van der Waals surface area contributed by atoms with Gasteiger partial charge in [0.2, 0.25) is 0 Å². The summed E-state index contributed by atoms with van der Waals surface area (Å²) in [5, 5.41) is 0. The van der Waals surface area contributed by atoms with Crippen LogP contribution in [-0.2, 0) is 17.0 Å². The van der Waals surface area contributed by atoms with Crippen molar-refractivity contribution in [3.8, 4) is 0 Å². The summed E-state index contributed by atoms with van der Waals surface area (Å²) in [5.74, 6) is 7.34. The zero-order chi connectivity index (χ0) is 10.6. The van der Waals surface area contributed by atoms with Crippen molar-refractivity contribution in [2.75, 3.05) is 0 Å². The van der Waals surface area contributed by atoms with Crippen molar-refractivity contribution in [2.45, 2.75) is 34.6 Å². The molecule has 0 saturated heterocycles. The van der Waals surface area contributed by atoms with Crippen LogP contribution in [0.4, 0.5) is 0 Å². The van der Waals surface area contributed by atoms with Gasteiger partial charge in [-0.15, -0.1) is 0 Å². The van der Waals surface area contributed by atoms with Crippen molar-refractivity contribution in [1.82, 2.24) is 0 Å². The summed E-state index contributed by atoms with van der Waals surface area (Å²) in [6.45, 7) is 11.0. The Bertz CT molecular complexity index is 96.4. The van der Waals surface area contributed by atoms with Crippen molar-refractivity contribution >= 4 is 18.6 Å². The van der Waals surface area contributed by atoms with Crippen molar-refractivity contribution in [1.29, 1.82) is 0 Å². The van der Waals surface area contributed by atoms with Gasteiger partial charge in [0.1, 0.15) is 0 Å². The van der Waals surface area contributed by atoms with E-state index in [9.17, 15) is 0 Å². The van der Waals surface area contributed by atoms with E-state index in [1.165, 1.54) is 29.6 Å². The summed E-state index contributed by atoms with van der Waals surface area (Å²) in [5.41, 5.74) is 0. The van der Waals surface area contributed by atoms with E-state index in [0.717, 1.165) is 0 Å². The molecular weight excluding hydrogens is 251 g/mol. The summed E-state index contributed by atoms with van der Waals surface area (Å²) in [7, 11) is 9.78. The predicted molar refractivity (Wildman–Crippen MR) is 62.7 cm³/mol. The van der Waals surface area contributed by atoms with Crippen LogP contribution in [0.2, 0.25) is 0 Å². The molecule has 81 valence electrons. The van der Waals surface area contributed by atoms with Crippen LogP contribution >= 0.6 is 18.6 Å². The van der Waals surface area contributed by atoms with Gasteiger partial charge in [0.15, 0.2) is 0 Å². The van der Waals surface area contributed by atoms with Crippen LogP contribution in [0.15, 0.2) is 0 Å². The van der Waals surface area contributed by atoms with Gasteiger partial charge in [0, 0.05) is 0 Å². The number of halogens is 2. The van der Waals surface area contributed by atoms with Crippen molar-refractivity contribution in [2.24, 2.45) is 0 Å². The van der Waals surface area contributed by atoms with Gasteiger partial charge in [-0.25, -0.2) is 0 Å². The Hall–Kier alpha value is 1.29. The van der Waals surface area contributed by atoms with Gasteiger partial charge in [0.05, 0.1) is 0 Å². The molecule has 0 nitrogen and oxygen atoms in total. The first-order chi connectivity index (χ1) is 5.97. The third kappa shape index (κ3) is 4.43. The average molecular weight is 269 g/mol. The summed E-state index contributed by atoms with van der Waals surface area (Å²) < 4.78 is 0. The van der Waals surface area contributed by atoms with Gasteiger partial charge in [-0.2, -0.15) is 0 Å². The second-order valence-electron chi connectivity index (χ2n) is 3.20. The van der Waals surface area contributed by atoms with Crippen LogP contribution < -0.4 is 0 Å². The molecule has 0 aromatic heterocycles. The fourth-order valence-electron chi connectivity index (χ4n) is 1.41. The summed E-state index contributed by atoms with van der Waals surface area (Å²) in [4.78, 5) is 0. The van der Waals surface area contributed by atoms with E-state index in [0.29, 0.717) is 0 Å². The molecule has 0 heterocycles. The van der Waals surface area contributed by atoms with Crippen LogP contribution in [-0.4, -0.2) is 0 Å². The van der Waals surface area contributed by atoms with E-state index in [4.69, 9.17) is 18.6 Å². The molecule has 1 aliphatic rings. The quantitative estimate of drug-likeness (QED) is 0.437. The Labute approximate surface area is 107 Å². The van der Waals surface area contributed by atoms with Crippen LogP contribution in [0.5, 0.6) is 0 Å². The Kier molecular flexibility index (Phi) is 10.7. The normalized spacial score (nSPS) is 21.4. The van der Waals surface area contributed by atoms with Crippen molar-refractivity contribution < 1.29 is 17.0 Å². The van der Waals surface area contributed by atoms with Crippen LogP contribution in [0.1, 0.15) is 34.6 Å². The molecule has 0 aromatic carbocycles. The fraction of sp³-hybridized carbons (Fsp3) is 0.455. The van der Waals surface area contributed by atoms with Gasteiger partial charge < -0.3 is 7.43 Å². The van der Waals surface area contributed by atoms with Crippen LogP contribution in [0, 0.1) is 37.0 Å². The third-order valence-corrected chi connectivity index (χ3v) is 2.81. The Morgan fingerprint density at radius 3 is 0.786 bits per heavy atom. The first-order valence-electron chi connectivity index (χ1n) is 4.13. The first kappa shape index (κ1) is 17.7. The minimum absolute atomic E-state index is 0. The molecule has 3 heteroatoms. The molecule has 1 aliphatic carbocycles. The Morgan fingerprint density at radius 1 is 0.643 bits per heavy atom. The molecule has 0 spiro atoms. The van der Waals surface area contributed by atoms with E-state index in [2.05, 4.69) is 34.6 Å². The van der Waals surface area contributed by atoms with Gasteiger partial charge in [0.25, 0.3) is 0 Å². The Balaban J connectivity index is 0. The standard InChI is InChI=1S/C10H15.CH3.2ClH.Ti/c1-6-7(2)9(4)10(5)8(6)3;;;;/h1-5H3;1H3;2*1H;/q;-1;;;+2/p-2. The molecule has 0 N–H and O–H groups in total. The van der Waals surface area contributed by atoms with Gasteiger partial charge in [-0.05, 0) is 29.6 Å². The molecule has 5 radical (unpaired) electrons. The van der Waals surface area contributed by atoms with Crippen LogP contribution in [0.25, 0.3) is 0 Å². The minimum atomic E-state index is -0.556. The molecular formula is C11H18Cl2Ti-. The second kappa shape index (κ2) is 8.45. The monoisotopic (exact) mass is 268 g/mol. The van der Waals surface area contributed by atoms with Crippen molar-refractivity contribution in [3.05, 3.63) is 37.0 Å². The molecule has 0 aromatic rings. The van der Waals surface area contributed by atoms with E-state index in [-0.39, 0.29) is 7.43 Å². The second-order valence-corrected chi connectivity index (χ2v) is 5.78. The zero-order valence-electron chi connectivity index (χ0n) is 9.76. The van der Waals surface area contributed by atoms with Crippen LogP contribution in [0.3, 0.4) is 0 Å². The third-order valence-electron chi connectivity index (χ3n) is 2.81. The summed E-state index contributed by atoms with van der Waals surface area (Å²) in [6, 6.07) is 0. The van der Waals surface area contributed by atoms with E-state index < -0.39 is 17.0 Å². The van der Waals surface area contributed by atoms with Crippen molar-refractivity contribution in [3.63, 3.8) is 0 Å². The topological polar surface area (TPSA) is 0 Å². The maximum absolute atomic E-state index is 4.89. The van der Waals surface area contributed by atoms with Gasteiger partial charge in [-0.1, -0.05) is 34.6 Å². The zero-order valence-corrected chi connectivity index (χ0v) is 12.8. The van der Waals surface area contributed by atoms with Gasteiger partial charge >= 0.3 is 35.6 Å². The first-order valence-corrected chi connectivity index (χ1v) is 8.43. The summed E-state index contributed by atoms with van der Waals surface area (Å²) in [6.07, 6.45) is 0. The van der Waals surface area contributed by atoms with Gasteiger partial charge in [-0.3, -0.25) is 0 Å². The number of hydrogen-bond donors (Lipinski definition) is 0. The number of rotatable bonds is 0. The van der Waals surface area contributed by atoms with E-state index >= 15 is 0 Å². The average Bonchev–Trinajstić information content (AvgIpc) is 2.25. The molecule has 0 atom stereocenters. The molecule has 0 aliphatic heterocycles. The SMILES string of the molecule is C[C]1[C](C)[C](C)[C](C)[C]1C.[CH3-].[Cl][Ti][Cl]. The Morgan fingerprint density at radius 2 is 0.714 bits per heavy atom.